The van der Waals surface area contributed by atoms with Gasteiger partial charge in [-0.25, -0.2) is 4.79 Å². The van der Waals surface area contributed by atoms with Gasteiger partial charge in [0.1, 0.15) is 17.4 Å². The highest BCUT2D eigenvalue weighted by molar-refractivity contribution is 5.79. The number of ether oxygens (including phenoxy) is 1. The average molecular weight is 319 g/mol. The molecule has 24 heavy (non-hydrogen) atoms. The Morgan fingerprint density at radius 1 is 1.17 bits per heavy atom. The van der Waals surface area contributed by atoms with Gasteiger partial charge in [-0.15, -0.1) is 0 Å². The summed E-state index contributed by atoms with van der Waals surface area (Å²) in [7, 11) is 0. The molecule has 0 N–H and O–H groups in total. The van der Waals surface area contributed by atoms with Crippen LogP contribution in [0.5, 0.6) is 0 Å². The van der Waals surface area contributed by atoms with E-state index < -0.39 is 0 Å². The molecule has 0 fully saturated rings. The van der Waals surface area contributed by atoms with Crippen molar-refractivity contribution in [2.75, 3.05) is 6.61 Å². The first-order valence-corrected chi connectivity index (χ1v) is 7.98. The summed E-state index contributed by atoms with van der Waals surface area (Å²) in [6.07, 6.45) is 3.30. The second-order valence-corrected chi connectivity index (χ2v) is 5.64. The van der Waals surface area contributed by atoms with E-state index in [1.54, 1.807) is 18.0 Å². The van der Waals surface area contributed by atoms with Crippen LogP contribution in [-0.2, 0) is 4.74 Å². The molecule has 0 bridgehead atoms. The van der Waals surface area contributed by atoms with Crippen molar-refractivity contribution in [1.82, 2.24) is 4.90 Å². The number of rotatable bonds is 2. The van der Waals surface area contributed by atoms with Crippen molar-refractivity contribution in [3.63, 3.8) is 0 Å². The molecule has 1 aliphatic heterocycles. The second kappa shape index (κ2) is 5.89. The number of hydrogen-bond donors (Lipinski definition) is 0. The maximum atomic E-state index is 12.4. The van der Waals surface area contributed by atoms with E-state index in [1.165, 1.54) is 0 Å². The zero-order chi connectivity index (χ0) is 16.5. The zero-order valence-corrected chi connectivity index (χ0v) is 13.3. The summed E-state index contributed by atoms with van der Waals surface area (Å²) < 4.78 is 11.3. The average Bonchev–Trinajstić information content (AvgIpc) is 3.04. The highest BCUT2D eigenvalue weighted by Gasteiger charge is 2.32. The fourth-order valence-corrected chi connectivity index (χ4v) is 3.10. The Bertz CT molecular complexity index is 892. The van der Waals surface area contributed by atoms with Crippen molar-refractivity contribution < 1.29 is 13.9 Å². The van der Waals surface area contributed by atoms with Crippen LogP contribution in [0.4, 0.5) is 4.79 Å². The van der Waals surface area contributed by atoms with Gasteiger partial charge in [-0.1, -0.05) is 42.5 Å². The van der Waals surface area contributed by atoms with E-state index >= 15 is 0 Å². The number of benzene rings is 2. The summed E-state index contributed by atoms with van der Waals surface area (Å²) in [6.45, 7) is 2.13. The molecule has 4 heteroatoms. The molecule has 0 saturated heterocycles. The molecule has 1 amide bonds. The molecular formula is C20H17NO3. The molecule has 4 nitrogen and oxygen atoms in total. The van der Waals surface area contributed by atoms with Gasteiger partial charge < -0.3 is 9.15 Å². The smallest absolute Gasteiger partial charge is 0.414 e. The van der Waals surface area contributed by atoms with Gasteiger partial charge in [0.25, 0.3) is 0 Å². The molecule has 2 heterocycles. The molecule has 1 aliphatic rings. The predicted molar refractivity (Wildman–Crippen MR) is 92.4 cm³/mol. The Morgan fingerprint density at radius 3 is 2.79 bits per heavy atom. The van der Waals surface area contributed by atoms with Gasteiger partial charge in [0.15, 0.2) is 0 Å². The number of amides is 1. The third-order valence-corrected chi connectivity index (χ3v) is 4.18. The van der Waals surface area contributed by atoms with Crippen LogP contribution in [0.2, 0.25) is 0 Å². The van der Waals surface area contributed by atoms with Crippen LogP contribution in [0.15, 0.2) is 65.2 Å². The number of nitrogens with zero attached hydrogens (tertiary/aromatic N) is 1. The number of fused-ring (bicyclic) bond motifs is 2. The van der Waals surface area contributed by atoms with Crippen molar-refractivity contribution >= 4 is 23.1 Å². The van der Waals surface area contributed by atoms with Crippen LogP contribution < -0.4 is 0 Å². The van der Waals surface area contributed by atoms with Gasteiger partial charge in [-0.05, 0) is 36.3 Å². The van der Waals surface area contributed by atoms with Crippen molar-refractivity contribution in [1.29, 1.82) is 0 Å². The lowest BCUT2D eigenvalue weighted by Gasteiger charge is -2.31. The Labute approximate surface area is 139 Å². The zero-order valence-electron chi connectivity index (χ0n) is 13.3. The van der Waals surface area contributed by atoms with Crippen LogP contribution in [0.1, 0.15) is 29.9 Å². The summed E-state index contributed by atoms with van der Waals surface area (Å²) in [5.74, 6) is 0.723. The lowest BCUT2D eigenvalue weighted by molar-refractivity contribution is 0.111. The maximum Gasteiger partial charge on any atom is 0.414 e. The summed E-state index contributed by atoms with van der Waals surface area (Å²) in [4.78, 5) is 14.0. The van der Waals surface area contributed by atoms with Crippen LogP contribution >= 0.6 is 0 Å². The predicted octanol–water partition coefficient (Wildman–Crippen LogP) is 4.97. The second-order valence-electron chi connectivity index (χ2n) is 5.64. The van der Waals surface area contributed by atoms with E-state index in [1.807, 2.05) is 60.7 Å². The van der Waals surface area contributed by atoms with Gasteiger partial charge in [0.2, 0.25) is 0 Å². The maximum absolute atomic E-state index is 12.4. The third-order valence-electron chi connectivity index (χ3n) is 4.18. The van der Waals surface area contributed by atoms with Gasteiger partial charge in [0, 0.05) is 11.6 Å². The lowest BCUT2D eigenvalue weighted by atomic mass is 9.94. The van der Waals surface area contributed by atoms with Gasteiger partial charge in [-0.2, -0.15) is 0 Å². The number of hydrogen-bond acceptors (Lipinski definition) is 3. The normalized spacial score (nSPS) is 16.2. The first kappa shape index (κ1) is 14.6. The molecule has 1 atom stereocenters. The molecule has 3 aromatic rings. The van der Waals surface area contributed by atoms with Crippen molar-refractivity contribution in [2.24, 2.45) is 0 Å². The number of carbonyl (C=O) groups excluding carboxylic acids is 1. The van der Waals surface area contributed by atoms with Crippen LogP contribution in [0.25, 0.3) is 17.0 Å². The molecule has 4 rings (SSSR count). The topological polar surface area (TPSA) is 42.7 Å². The summed E-state index contributed by atoms with van der Waals surface area (Å²) in [6, 6.07) is 17.5. The molecule has 120 valence electrons. The molecule has 0 aliphatic carbocycles. The third kappa shape index (κ3) is 2.36. The molecule has 2 aromatic carbocycles. The Balaban J connectivity index is 1.86. The first-order valence-electron chi connectivity index (χ1n) is 7.98. The highest BCUT2D eigenvalue weighted by Crippen LogP contribution is 2.38. The molecule has 0 spiro atoms. The van der Waals surface area contributed by atoms with Crippen molar-refractivity contribution in [2.45, 2.75) is 13.0 Å². The summed E-state index contributed by atoms with van der Waals surface area (Å²) in [5, 5.41) is 1.02. The van der Waals surface area contributed by atoms with E-state index in [-0.39, 0.29) is 12.1 Å². The minimum absolute atomic E-state index is 0.331. The monoisotopic (exact) mass is 319 g/mol. The van der Waals surface area contributed by atoms with Crippen LogP contribution in [-0.4, -0.2) is 17.6 Å². The fraction of sp³-hybridized carbons (Fsp3) is 0.150. The van der Waals surface area contributed by atoms with Gasteiger partial charge in [-0.3, -0.25) is 4.90 Å². The quantitative estimate of drug-likeness (QED) is 0.670. The summed E-state index contributed by atoms with van der Waals surface area (Å²) >= 11 is 0. The minimum Gasteiger partial charge on any atom is -0.458 e. The molecule has 1 aromatic heterocycles. The molecular weight excluding hydrogens is 302 g/mol. The molecule has 1 unspecified atom stereocenters. The Kier molecular flexibility index (Phi) is 3.58. The SMILES string of the molecule is CCOC(=O)N1C=Cc2ccccc2C1c1cc2ccccc2o1. The van der Waals surface area contributed by atoms with E-state index in [9.17, 15) is 4.79 Å². The van der Waals surface area contributed by atoms with E-state index in [2.05, 4.69) is 0 Å². The molecule has 0 radical (unpaired) electrons. The van der Waals surface area contributed by atoms with Crippen molar-refractivity contribution in [3.8, 4) is 0 Å². The van der Waals surface area contributed by atoms with Crippen LogP contribution in [0, 0.1) is 0 Å². The summed E-state index contributed by atoms with van der Waals surface area (Å²) in [5.41, 5.74) is 2.90. The van der Waals surface area contributed by atoms with Crippen LogP contribution in [0.3, 0.4) is 0 Å². The van der Waals surface area contributed by atoms with Gasteiger partial charge in [0.05, 0.1) is 6.61 Å². The number of carbonyl (C=O) groups is 1. The lowest BCUT2D eigenvalue weighted by Crippen LogP contribution is -2.33. The van der Waals surface area contributed by atoms with E-state index in [0.717, 1.165) is 27.9 Å². The molecule has 0 saturated carbocycles. The Hall–Kier alpha value is -3.01. The van der Waals surface area contributed by atoms with E-state index in [4.69, 9.17) is 9.15 Å². The number of furan rings is 1. The van der Waals surface area contributed by atoms with Gasteiger partial charge >= 0.3 is 6.09 Å². The largest absolute Gasteiger partial charge is 0.458 e. The minimum atomic E-state index is -0.381. The Morgan fingerprint density at radius 2 is 1.96 bits per heavy atom. The first-order chi connectivity index (χ1) is 11.8. The number of para-hydroxylation sites is 1. The fourth-order valence-electron chi connectivity index (χ4n) is 3.10. The van der Waals surface area contributed by atoms with Crippen molar-refractivity contribution in [3.05, 3.63) is 77.7 Å². The highest BCUT2D eigenvalue weighted by atomic mass is 16.6. The van der Waals surface area contributed by atoms with E-state index in [0.29, 0.717) is 6.61 Å². The standard InChI is InChI=1S/C20H17NO3/c1-2-23-20(22)21-12-11-14-7-3-5-9-16(14)19(21)18-13-15-8-4-6-10-17(15)24-18/h3-13,19H,2H2,1H3.